The fraction of sp³-hybridized carbons (Fsp3) is 0.176. The number of nitrogens with one attached hydrogen (secondary N) is 1. The van der Waals surface area contributed by atoms with Gasteiger partial charge in [0.25, 0.3) is 0 Å². The van der Waals surface area contributed by atoms with Crippen molar-refractivity contribution in [3.05, 3.63) is 76.4 Å². The molecule has 0 amide bonds. The summed E-state index contributed by atoms with van der Waals surface area (Å²) in [6.07, 6.45) is -2.06. The predicted molar refractivity (Wildman–Crippen MR) is 92.7 cm³/mol. The minimum atomic E-state index is -4.67. The summed E-state index contributed by atoms with van der Waals surface area (Å²) in [6, 6.07) is 8.19. The number of aliphatic hydroxyl groups is 1. The number of hydrogen-bond acceptors (Lipinski definition) is 5. The van der Waals surface area contributed by atoms with Crippen LogP contribution in [0.3, 0.4) is 0 Å². The zero-order valence-corrected chi connectivity index (χ0v) is 15.2. The molecule has 0 aliphatic heterocycles. The van der Waals surface area contributed by atoms with Crippen molar-refractivity contribution in [2.24, 2.45) is 0 Å². The lowest BCUT2D eigenvalue weighted by molar-refractivity contribution is -0.137. The van der Waals surface area contributed by atoms with Gasteiger partial charge in [0.15, 0.2) is 0 Å². The highest BCUT2D eigenvalue weighted by Gasteiger charge is 2.36. The molecule has 0 spiro atoms. The number of furan rings is 1. The highest BCUT2D eigenvalue weighted by Crippen LogP contribution is 2.34. The number of alkyl halides is 3. The minimum Gasteiger partial charge on any atom is -0.472 e. The van der Waals surface area contributed by atoms with E-state index < -0.39 is 38.8 Å². The third-order valence-corrected chi connectivity index (χ3v) is 6.34. The van der Waals surface area contributed by atoms with Gasteiger partial charge in [-0.2, -0.15) is 13.2 Å². The second kappa shape index (κ2) is 7.12. The van der Waals surface area contributed by atoms with Crippen LogP contribution in [0.4, 0.5) is 13.2 Å². The normalized spacial score (nSPS) is 14.8. The average Bonchev–Trinajstić information content (AvgIpc) is 3.33. The summed E-state index contributed by atoms with van der Waals surface area (Å²) < 4.78 is 70.7. The Morgan fingerprint density at radius 2 is 1.89 bits per heavy atom. The number of rotatable bonds is 6. The molecule has 2 N–H and O–H groups in total. The Morgan fingerprint density at radius 3 is 2.48 bits per heavy atom. The van der Waals surface area contributed by atoms with Gasteiger partial charge >= 0.3 is 6.18 Å². The van der Waals surface area contributed by atoms with Crippen molar-refractivity contribution in [1.82, 2.24) is 4.72 Å². The van der Waals surface area contributed by atoms with Gasteiger partial charge in [0, 0.05) is 17.0 Å². The molecular formula is C17H14F3NO4S2. The van der Waals surface area contributed by atoms with E-state index in [2.05, 4.69) is 4.72 Å². The number of halogens is 3. The Balaban J connectivity index is 1.90. The monoisotopic (exact) mass is 417 g/mol. The molecule has 5 nitrogen and oxygen atoms in total. The molecule has 0 aliphatic rings. The highest BCUT2D eigenvalue weighted by atomic mass is 32.2. The molecule has 1 atom stereocenters. The van der Waals surface area contributed by atoms with E-state index in [-0.39, 0.29) is 0 Å². The zero-order valence-electron chi connectivity index (χ0n) is 13.6. The van der Waals surface area contributed by atoms with Crippen LogP contribution in [-0.2, 0) is 21.8 Å². The SMILES string of the molecule is O=S(=O)(NCC(O)(c1ccoc1)c1cccs1)c1cccc(C(F)(F)F)c1. The maximum Gasteiger partial charge on any atom is 0.416 e. The maximum atomic E-state index is 12.8. The van der Waals surface area contributed by atoms with E-state index in [9.17, 15) is 26.7 Å². The molecule has 1 aromatic carbocycles. The van der Waals surface area contributed by atoms with Gasteiger partial charge in [-0.25, -0.2) is 13.1 Å². The van der Waals surface area contributed by atoms with Crippen LogP contribution in [0.5, 0.6) is 0 Å². The molecule has 0 saturated carbocycles. The lowest BCUT2D eigenvalue weighted by Gasteiger charge is -2.26. The molecule has 144 valence electrons. The number of sulfonamides is 1. The minimum absolute atomic E-state index is 0.316. The first-order chi connectivity index (χ1) is 12.6. The fourth-order valence-electron chi connectivity index (χ4n) is 2.47. The molecule has 2 heterocycles. The second-order valence-electron chi connectivity index (χ2n) is 5.70. The summed E-state index contributed by atoms with van der Waals surface area (Å²) in [7, 11) is -4.29. The first-order valence-electron chi connectivity index (χ1n) is 7.59. The molecule has 2 aromatic heterocycles. The highest BCUT2D eigenvalue weighted by molar-refractivity contribution is 7.89. The number of benzene rings is 1. The fourth-order valence-corrected chi connectivity index (χ4v) is 4.42. The lowest BCUT2D eigenvalue weighted by Crippen LogP contribution is -2.41. The third-order valence-electron chi connectivity index (χ3n) is 3.92. The molecular weight excluding hydrogens is 403 g/mol. The Hall–Kier alpha value is -2.14. The number of thiophene rings is 1. The van der Waals surface area contributed by atoms with Gasteiger partial charge < -0.3 is 9.52 Å². The van der Waals surface area contributed by atoms with Crippen LogP contribution in [0.25, 0.3) is 0 Å². The van der Waals surface area contributed by atoms with E-state index in [4.69, 9.17) is 4.42 Å². The Bertz CT molecular complexity index is 963. The van der Waals surface area contributed by atoms with Crippen LogP contribution in [0.1, 0.15) is 16.0 Å². The molecule has 0 radical (unpaired) electrons. The van der Waals surface area contributed by atoms with Gasteiger partial charge in [0.2, 0.25) is 10.0 Å². The van der Waals surface area contributed by atoms with Gasteiger partial charge in [0.05, 0.1) is 23.0 Å². The molecule has 0 saturated heterocycles. The van der Waals surface area contributed by atoms with Crippen molar-refractivity contribution in [1.29, 1.82) is 0 Å². The van der Waals surface area contributed by atoms with E-state index in [0.29, 0.717) is 16.5 Å². The molecule has 1 unspecified atom stereocenters. The van der Waals surface area contributed by atoms with Gasteiger partial charge in [0.1, 0.15) is 5.60 Å². The third kappa shape index (κ3) is 4.08. The number of hydrogen-bond donors (Lipinski definition) is 2. The van der Waals surface area contributed by atoms with Crippen LogP contribution in [0.2, 0.25) is 0 Å². The second-order valence-corrected chi connectivity index (χ2v) is 8.41. The van der Waals surface area contributed by atoms with E-state index >= 15 is 0 Å². The van der Waals surface area contributed by atoms with Gasteiger partial charge in [-0.15, -0.1) is 11.3 Å². The van der Waals surface area contributed by atoms with Crippen molar-refractivity contribution in [2.75, 3.05) is 6.54 Å². The van der Waals surface area contributed by atoms with E-state index in [1.54, 1.807) is 17.5 Å². The predicted octanol–water partition coefficient (Wildman–Crippen LogP) is 3.57. The molecule has 27 heavy (non-hydrogen) atoms. The largest absolute Gasteiger partial charge is 0.472 e. The van der Waals surface area contributed by atoms with Gasteiger partial charge in [-0.3, -0.25) is 0 Å². The van der Waals surface area contributed by atoms with Gasteiger partial charge in [-0.05, 0) is 35.7 Å². The summed E-state index contributed by atoms with van der Waals surface area (Å²) in [5.41, 5.74) is -2.49. The van der Waals surface area contributed by atoms with Crippen LogP contribution in [-0.4, -0.2) is 20.1 Å². The molecule has 0 fully saturated rings. The van der Waals surface area contributed by atoms with Crippen LogP contribution < -0.4 is 4.72 Å². The summed E-state index contributed by atoms with van der Waals surface area (Å²) in [4.78, 5) is -0.0892. The van der Waals surface area contributed by atoms with Crippen LogP contribution in [0.15, 0.2) is 69.7 Å². The van der Waals surface area contributed by atoms with E-state index in [0.717, 1.165) is 18.2 Å². The zero-order chi connectivity index (χ0) is 19.7. The van der Waals surface area contributed by atoms with Crippen molar-refractivity contribution in [3.63, 3.8) is 0 Å². The maximum absolute atomic E-state index is 12.8. The quantitative estimate of drug-likeness (QED) is 0.643. The summed E-state index contributed by atoms with van der Waals surface area (Å²) >= 11 is 1.21. The van der Waals surface area contributed by atoms with Crippen molar-refractivity contribution >= 4 is 21.4 Å². The van der Waals surface area contributed by atoms with Crippen LogP contribution >= 0.6 is 11.3 Å². The van der Waals surface area contributed by atoms with Crippen molar-refractivity contribution < 1.29 is 31.1 Å². The van der Waals surface area contributed by atoms with Gasteiger partial charge in [-0.1, -0.05) is 12.1 Å². The first kappa shape index (κ1) is 19.6. The topological polar surface area (TPSA) is 79.5 Å². The van der Waals surface area contributed by atoms with Crippen LogP contribution in [0, 0.1) is 0 Å². The Kier molecular flexibility index (Phi) is 5.17. The standard InChI is InChI=1S/C17H14F3NO4S2/c18-17(19,20)12-3-1-4-14(9-12)27(23,24)21-11-16(22,13-6-7-25-10-13)15-5-2-8-26-15/h1-10,21-22H,11H2. The van der Waals surface area contributed by atoms with E-state index in [1.807, 2.05) is 0 Å². The lowest BCUT2D eigenvalue weighted by atomic mass is 9.95. The average molecular weight is 417 g/mol. The summed E-state index contributed by atoms with van der Waals surface area (Å²) in [5.74, 6) is 0. The first-order valence-corrected chi connectivity index (χ1v) is 9.95. The molecule has 0 aliphatic carbocycles. The smallest absolute Gasteiger partial charge is 0.416 e. The molecule has 3 rings (SSSR count). The molecule has 3 aromatic rings. The Morgan fingerprint density at radius 1 is 1.11 bits per heavy atom. The van der Waals surface area contributed by atoms with Crippen molar-refractivity contribution in [2.45, 2.75) is 16.7 Å². The van der Waals surface area contributed by atoms with Crippen molar-refractivity contribution in [3.8, 4) is 0 Å². The summed E-state index contributed by atoms with van der Waals surface area (Å²) in [5, 5.41) is 12.8. The molecule has 10 heteroatoms. The Labute approximate surface area is 157 Å². The van der Waals surface area contributed by atoms with E-state index in [1.165, 1.54) is 29.9 Å². The molecule has 0 bridgehead atoms. The summed E-state index contributed by atoms with van der Waals surface area (Å²) in [6.45, 7) is -0.481.